The number of anilines is 2. The molecule has 0 saturated heterocycles. The fourth-order valence-electron chi connectivity index (χ4n) is 1.74. The highest BCUT2D eigenvalue weighted by atomic mass is 16.5. The lowest BCUT2D eigenvalue weighted by Crippen LogP contribution is -2.12. The summed E-state index contributed by atoms with van der Waals surface area (Å²) >= 11 is 0. The molecule has 6 heteroatoms. The number of hydrogen-bond acceptors (Lipinski definition) is 5. The Morgan fingerprint density at radius 2 is 2.00 bits per heavy atom. The lowest BCUT2D eigenvalue weighted by Gasteiger charge is -2.18. The first kappa shape index (κ1) is 14.8. The van der Waals surface area contributed by atoms with Crippen molar-refractivity contribution in [1.82, 2.24) is 9.97 Å². The van der Waals surface area contributed by atoms with E-state index in [1.807, 2.05) is 18.9 Å². The number of aromatic nitrogens is 2. The minimum absolute atomic E-state index is 0.248. The van der Waals surface area contributed by atoms with Gasteiger partial charge in [-0.1, -0.05) is 6.92 Å². The first-order valence-electron chi connectivity index (χ1n) is 6.63. The van der Waals surface area contributed by atoms with Crippen LogP contribution in [0.5, 0.6) is 5.88 Å². The summed E-state index contributed by atoms with van der Waals surface area (Å²) in [6.45, 7) is 2.61. The molecule has 6 nitrogen and oxygen atoms in total. The maximum Gasteiger partial charge on any atom is 0.335 e. The highest BCUT2D eigenvalue weighted by Gasteiger charge is 2.09. The third kappa shape index (κ3) is 3.68. The Hall–Kier alpha value is -2.63. The van der Waals surface area contributed by atoms with E-state index in [0.717, 1.165) is 12.1 Å². The summed E-state index contributed by atoms with van der Waals surface area (Å²) < 4.78 is 5.45. The summed E-state index contributed by atoms with van der Waals surface area (Å²) in [5.41, 5.74) is 1.07. The number of aromatic carboxylic acids is 1. The van der Waals surface area contributed by atoms with Crippen LogP contribution in [0, 0.1) is 0 Å². The SMILES string of the molecule is CCCOc1cncc(N(C)c2ccc(C(=O)O)cc2)n1. The van der Waals surface area contributed by atoms with Gasteiger partial charge < -0.3 is 14.7 Å². The van der Waals surface area contributed by atoms with Crippen molar-refractivity contribution in [1.29, 1.82) is 0 Å². The lowest BCUT2D eigenvalue weighted by atomic mass is 10.2. The predicted molar refractivity (Wildman–Crippen MR) is 79.3 cm³/mol. The Morgan fingerprint density at radius 3 is 2.62 bits per heavy atom. The predicted octanol–water partition coefficient (Wildman–Crippen LogP) is 2.73. The Labute approximate surface area is 123 Å². The molecule has 1 aromatic carbocycles. The molecule has 0 saturated carbocycles. The van der Waals surface area contributed by atoms with Gasteiger partial charge >= 0.3 is 5.97 Å². The third-order valence-electron chi connectivity index (χ3n) is 2.90. The average molecular weight is 287 g/mol. The van der Waals surface area contributed by atoms with Crippen molar-refractivity contribution >= 4 is 17.5 Å². The zero-order chi connectivity index (χ0) is 15.2. The van der Waals surface area contributed by atoms with Gasteiger partial charge in [-0.2, -0.15) is 4.98 Å². The molecule has 0 aliphatic rings. The molecule has 1 aromatic heterocycles. The molecule has 0 atom stereocenters. The summed E-state index contributed by atoms with van der Waals surface area (Å²) in [6.07, 6.45) is 4.10. The van der Waals surface area contributed by atoms with Crippen LogP contribution in [0.3, 0.4) is 0 Å². The van der Waals surface area contributed by atoms with Crippen LogP contribution in [0.25, 0.3) is 0 Å². The molecule has 0 aliphatic heterocycles. The minimum Gasteiger partial charge on any atom is -0.478 e. The van der Waals surface area contributed by atoms with Gasteiger partial charge in [-0.25, -0.2) is 4.79 Å². The quantitative estimate of drug-likeness (QED) is 0.880. The normalized spacial score (nSPS) is 10.2. The third-order valence-corrected chi connectivity index (χ3v) is 2.90. The number of ether oxygens (including phenoxy) is 1. The van der Waals surface area contributed by atoms with Crippen molar-refractivity contribution in [2.24, 2.45) is 0 Å². The lowest BCUT2D eigenvalue weighted by molar-refractivity contribution is 0.0697. The zero-order valence-electron chi connectivity index (χ0n) is 12.0. The van der Waals surface area contributed by atoms with Crippen molar-refractivity contribution in [3.05, 3.63) is 42.2 Å². The van der Waals surface area contributed by atoms with Crippen molar-refractivity contribution in [2.75, 3.05) is 18.6 Å². The van der Waals surface area contributed by atoms with Gasteiger partial charge in [0.25, 0.3) is 0 Å². The highest BCUT2D eigenvalue weighted by molar-refractivity contribution is 5.88. The second kappa shape index (κ2) is 6.69. The number of benzene rings is 1. The molecule has 0 unspecified atom stereocenters. The molecule has 2 rings (SSSR count). The molecule has 2 aromatic rings. The van der Waals surface area contributed by atoms with E-state index in [0.29, 0.717) is 18.3 Å². The van der Waals surface area contributed by atoms with Gasteiger partial charge in [0, 0.05) is 12.7 Å². The number of carboxylic acids is 1. The first-order chi connectivity index (χ1) is 10.1. The van der Waals surface area contributed by atoms with E-state index in [9.17, 15) is 4.79 Å². The molecule has 21 heavy (non-hydrogen) atoms. The standard InChI is InChI=1S/C15H17N3O3/c1-3-8-21-14-10-16-9-13(17-14)18(2)12-6-4-11(5-7-12)15(19)20/h4-7,9-10H,3,8H2,1-2H3,(H,19,20). The number of rotatable bonds is 6. The summed E-state index contributed by atoms with van der Waals surface area (Å²) in [5, 5.41) is 8.90. The first-order valence-corrected chi connectivity index (χ1v) is 6.63. The Bertz CT molecular complexity index is 614. The van der Waals surface area contributed by atoms with E-state index >= 15 is 0 Å². The van der Waals surface area contributed by atoms with Gasteiger partial charge in [-0.3, -0.25) is 4.98 Å². The van der Waals surface area contributed by atoms with E-state index in [2.05, 4.69) is 9.97 Å². The molecule has 0 aliphatic carbocycles. The van der Waals surface area contributed by atoms with Crippen molar-refractivity contribution in [3.63, 3.8) is 0 Å². The van der Waals surface area contributed by atoms with Crippen LogP contribution in [0.2, 0.25) is 0 Å². The number of carbonyl (C=O) groups is 1. The minimum atomic E-state index is -0.945. The summed E-state index contributed by atoms with van der Waals surface area (Å²) in [5.74, 6) is 0.161. The van der Waals surface area contributed by atoms with Crippen LogP contribution in [-0.4, -0.2) is 34.7 Å². The van der Waals surface area contributed by atoms with Crippen molar-refractivity contribution in [2.45, 2.75) is 13.3 Å². The number of nitrogens with zero attached hydrogens (tertiary/aromatic N) is 3. The zero-order valence-corrected chi connectivity index (χ0v) is 12.0. The van der Waals surface area contributed by atoms with Crippen LogP contribution in [0.15, 0.2) is 36.7 Å². The molecule has 1 N–H and O–H groups in total. The number of carboxylic acid groups (broad SMARTS) is 1. The summed E-state index contributed by atoms with van der Waals surface area (Å²) in [7, 11) is 1.84. The number of hydrogen-bond donors (Lipinski definition) is 1. The molecule has 0 amide bonds. The molecular formula is C15H17N3O3. The van der Waals surface area contributed by atoms with Crippen LogP contribution in [0.1, 0.15) is 23.7 Å². The Kier molecular flexibility index (Phi) is 4.71. The smallest absolute Gasteiger partial charge is 0.335 e. The molecule has 0 bridgehead atoms. The van der Waals surface area contributed by atoms with Crippen LogP contribution in [0.4, 0.5) is 11.5 Å². The van der Waals surface area contributed by atoms with Crippen molar-refractivity contribution in [3.8, 4) is 5.88 Å². The fourth-order valence-corrected chi connectivity index (χ4v) is 1.74. The molecule has 0 spiro atoms. The van der Waals surface area contributed by atoms with Crippen molar-refractivity contribution < 1.29 is 14.6 Å². The second-order valence-corrected chi connectivity index (χ2v) is 4.48. The van der Waals surface area contributed by atoms with Gasteiger partial charge in [0.05, 0.1) is 24.6 Å². The van der Waals surface area contributed by atoms with Gasteiger partial charge in [-0.05, 0) is 30.7 Å². The van der Waals surface area contributed by atoms with Gasteiger partial charge in [0.1, 0.15) is 0 Å². The topological polar surface area (TPSA) is 75.5 Å². The maximum atomic E-state index is 10.8. The van der Waals surface area contributed by atoms with E-state index < -0.39 is 5.97 Å². The Morgan fingerprint density at radius 1 is 1.29 bits per heavy atom. The van der Waals surface area contributed by atoms with Gasteiger partial charge in [0.2, 0.25) is 5.88 Å². The monoisotopic (exact) mass is 287 g/mol. The molecule has 110 valence electrons. The molecule has 1 heterocycles. The van der Waals surface area contributed by atoms with Crippen LogP contribution in [-0.2, 0) is 0 Å². The van der Waals surface area contributed by atoms with Crippen LogP contribution >= 0.6 is 0 Å². The van der Waals surface area contributed by atoms with Crippen LogP contribution < -0.4 is 9.64 Å². The Balaban J connectivity index is 2.18. The fraction of sp³-hybridized carbons (Fsp3) is 0.267. The summed E-state index contributed by atoms with van der Waals surface area (Å²) in [4.78, 5) is 21.1. The maximum absolute atomic E-state index is 10.8. The average Bonchev–Trinajstić information content (AvgIpc) is 2.52. The summed E-state index contributed by atoms with van der Waals surface area (Å²) in [6, 6.07) is 6.56. The van der Waals surface area contributed by atoms with E-state index in [1.54, 1.807) is 36.7 Å². The van der Waals surface area contributed by atoms with Gasteiger partial charge in [-0.15, -0.1) is 0 Å². The second-order valence-electron chi connectivity index (χ2n) is 4.48. The largest absolute Gasteiger partial charge is 0.478 e. The highest BCUT2D eigenvalue weighted by Crippen LogP contribution is 2.23. The van der Waals surface area contributed by atoms with E-state index in [-0.39, 0.29) is 5.56 Å². The molecule has 0 radical (unpaired) electrons. The van der Waals surface area contributed by atoms with Gasteiger partial charge in [0.15, 0.2) is 5.82 Å². The van der Waals surface area contributed by atoms with E-state index in [4.69, 9.17) is 9.84 Å². The molecule has 0 fully saturated rings. The van der Waals surface area contributed by atoms with E-state index in [1.165, 1.54) is 0 Å². The molecular weight excluding hydrogens is 270 g/mol.